The Kier molecular flexibility index (Phi) is 24.5. The number of rotatable bonds is 12. The minimum Gasteiger partial charge on any atom is -0.510 e. The van der Waals surface area contributed by atoms with Crippen molar-refractivity contribution >= 4 is 27.2 Å². The van der Waals surface area contributed by atoms with Crippen molar-refractivity contribution in [1.29, 1.82) is 0 Å². The molecular weight excluding hydrogens is 552 g/mol. The molecule has 3 N–H and O–H groups in total. The Morgan fingerprint density at radius 1 is 1.20 bits per heavy atom. The van der Waals surface area contributed by atoms with E-state index in [1.54, 1.807) is 6.20 Å². The molecule has 6 nitrogen and oxygen atoms in total. The molecule has 0 spiro atoms. The molecule has 0 amide bonds. The smallest absolute Gasteiger partial charge is 0.116 e. The van der Waals surface area contributed by atoms with Gasteiger partial charge in [-0.2, -0.15) is 0 Å². The van der Waals surface area contributed by atoms with Crippen molar-refractivity contribution in [3.8, 4) is 0 Å². The lowest BCUT2D eigenvalue weighted by Gasteiger charge is -2.42. The molecule has 2 rings (SSSR count). The fourth-order valence-corrected chi connectivity index (χ4v) is 5.46. The Balaban J connectivity index is 0. The molecule has 0 aromatic heterocycles. The van der Waals surface area contributed by atoms with Crippen molar-refractivity contribution in [2.24, 2.45) is 0 Å². The third-order valence-electron chi connectivity index (χ3n) is 6.85. The number of aliphatic hydroxyl groups is 1. The first-order valence-corrected chi connectivity index (χ1v) is 18.4. The Bertz CT molecular complexity index is 900. The second kappa shape index (κ2) is 24.1. The average Bonchev–Trinajstić information content (AvgIpc) is 2.96. The summed E-state index contributed by atoms with van der Waals surface area (Å²) in [5, 5.41) is 13.2. The zero-order chi connectivity index (χ0) is 32.0. The first-order valence-electron chi connectivity index (χ1n) is 15.9. The minimum absolute atomic E-state index is 0.0942. The van der Waals surface area contributed by atoms with Gasteiger partial charge >= 0.3 is 0 Å². The third kappa shape index (κ3) is 18.7. The summed E-state index contributed by atoms with van der Waals surface area (Å²) >= 11 is 6.09. The van der Waals surface area contributed by atoms with Crippen LogP contribution in [0.15, 0.2) is 46.5 Å². The van der Waals surface area contributed by atoms with Crippen LogP contribution in [-0.4, -0.2) is 75.5 Å². The van der Waals surface area contributed by atoms with Crippen LogP contribution in [0.3, 0.4) is 0 Å². The van der Waals surface area contributed by atoms with Crippen molar-refractivity contribution in [1.82, 2.24) is 19.8 Å². The molecule has 2 aliphatic heterocycles. The second-order valence-corrected chi connectivity index (χ2v) is 13.1. The summed E-state index contributed by atoms with van der Waals surface area (Å²) in [6.07, 6.45) is 16.3. The quantitative estimate of drug-likeness (QED) is 0.153. The first-order chi connectivity index (χ1) is 19.4. The monoisotopic (exact) mass is 616 g/mol. The van der Waals surface area contributed by atoms with E-state index in [0.717, 1.165) is 30.1 Å². The number of nitrogens with zero attached hydrogens (tertiary/aromatic N) is 2. The maximum Gasteiger partial charge on any atom is 0.116 e. The maximum atomic E-state index is 11.2. The number of hydrogen-bond acceptors (Lipinski definition) is 5. The lowest BCUT2D eigenvalue weighted by Crippen LogP contribution is -2.49. The van der Waals surface area contributed by atoms with Crippen LogP contribution in [-0.2, 0) is 9.71 Å². The van der Waals surface area contributed by atoms with E-state index in [1.807, 2.05) is 34.6 Å². The number of hydrogen-bond donors (Lipinski definition) is 3. The Morgan fingerprint density at radius 2 is 1.76 bits per heavy atom. The van der Waals surface area contributed by atoms with Crippen LogP contribution < -0.4 is 10.0 Å². The van der Waals surface area contributed by atoms with Gasteiger partial charge in [0.25, 0.3) is 0 Å². The van der Waals surface area contributed by atoms with E-state index in [0.29, 0.717) is 5.70 Å². The van der Waals surface area contributed by atoms with Gasteiger partial charge in [0.1, 0.15) is 5.76 Å². The number of nitrogens with one attached hydrogen (secondary N) is 2. The molecule has 0 radical (unpaired) electrons. The number of piperidine rings is 1. The van der Waals surface area contributed by atoms with Crippen LogP contribution in [0.25, 0.3) is 0 Å². The lowest BCUT2D eigenvalue weighted by molar-refractivity contribution is 0.0721. The van der Waals surface area contributed by atoms with Crippen molar-refractivity contribution < 1.29 is 9.32 Å². The summed E-state index contributed by atoms with van der Waals surface area (Å²) in [4.78, 5) is 5.41. The number of halogens is 1. The standard InChI is InChI=1S/C21H39ClN2.C8H14N2O2S.2C2H6/c1-6-14-24(20(8-3)9-4)21-12-15-23(16-13-21)17-18(5)10-11-19(22)7-2;1-6-8(11)4-7(5-9-6)10-13(2,3)12;2*1-2/h10-11,20-21H,6-9,12-17H2,1-5H3;4-6,9,11H,2H2,1,3H3,(H,10,12);2*1-2H3/b18-10+,19-11+;;;. The summed E-state index contributed by atoms with van der Waals surface area (Å²) in [5.74, 6) is 3.66. The highest BCUT2D eigenvalue weighted by Gasteiger charge is 2.27. The Labute approximate surface area is 260 Å². The van der Waals surface area contributed by atoms with Gasteiger partial charge in [0.15, 0.2) is 0 Å². The Hall–Kier alpha value is -1.41. The summed E-state index contributed by atoms with van der Waals surface area (Å²) in [6, 6.07) is 1.46. The Morgan fingerprint density at radius 3 is 2.20 bits per heavy atom. The number of aliphatic hydroxyl groups excluding tert-OH is 1. The molecule has 1 fully saturated rings. The van der Waals surface area contributed by atoms with Crippen LogP contribution >= 0.6 is 11.6 Å². The van der Waals surface area contributed by atoms with Gasteiger partial charge in [-0.3, -0.25) is 9.80 Å². The van der Waals surface area contributed by atoms with Crippen LogP contribution in [0.1, 0.15) is 108 Å². The topological polar surface area (TPSA) is 67.8 Å². The van der Waals surface area contributed by atoms with E-state index in [4.69, 9.17) is 11.6 Å². The van der Waals surface area contributed by atoms with Crippen LogP contribution in [0, 0.1) is 0 Å². The van der Waals surface area contributed by atoms with Gasteiger partial charge in [0.05, 0.1) is 11.7 Å². The molecule has 0 aromatic carbocycles. The van der Waals surface area contributed by atoms with E-state index in [9.17, 15) is 9.32 Å². The van der Waals surface area contributed by atoms with Crippen molar-refractivity contribution in [3.63, 3.8) is 0 Å². The maximum absolute atomic E-state index is 11.2. The predicted molar refractivity (Wildman–Crippen MR) is 187 cm³/mol. The fraction of sp³-hybridized carbons (Fsp3) is 0.727. The highest BCUT2D eigenvalue weighted by atomic mass is 35.5. The third-order valence-corrected chi connectivity index (χ3v) is 7.91. The van der Waals surface area contributed by atoms with Crippen molar-refractivity contribution in [2.45, 2.75) is 126 Å². The first kappa shape index (κ1) is 41.7. The summed E-state index contributed by atoms with van der Waals surface area (Å²) in [5.41, 5.74) is 1.99. The predicted octanol–water partition coefficient (Wildman–Crippen LogP) is 8.00. The van der Waals surface area contributed by atoms with E-state index in [1.165, 1.54) is 69.6 Å². The normalized spacial score (nSPS) is 19.7. The van der Waals surface area contributed by atoms with E-state index >= 15 is 0 Å². The van der Waals surface area contributed by atoms with E-state index in [2.05, 4.69) is 72.5 Å². The van der Waals surface area contributed by atoms with E-state index < -0.39 is 9.71 Å². The van der Waals surface area contributed by atoms with Gasteiger partial charge in [0, 0.05) is 51.9 Å². The molecule has 0 saturated carbocycles. The van der Waals surface area contributed by atoms with Gasteiger partial charge in [-0.05, 0) is 84.0 Å². The highest BCUT2D eigenvalue weighted by Crippen LogP contribution is 2.22. The summed E-state index contributed by atoms with van der Waals surface area (Å²) in [7, 11) is -2.28. The molecular formula is C33H65ClN4O2S. The lowest BCUT2D eigenvalue weighted by atomic mass is 9.98. The number of likely N-dealkylation sites (tertiary alicyclic amines) is 1. The van der Waals surface area contributed by atoms with Gasteiger partial charge in [-0.25, -0.2) is 4.21 Å². The number of allylic oxidation sites excluding steroid dienone is 4. The SMILES string of the molecule is C=S(C)(=O)NC1=CNC(C)C(O)=C1.CC.CC.CCCN(C(CC)CC)C1CCN(C/C(C)=C/C=C(/Cl)CC)CC1. The van der Waals surface area contributed by atoms with Gasteiger partial charge in [0.2, 0.25) is 0 Å². The molecule has 8 heteroatoms. The van der Waals surface area contributed by atoms with Gasteiger partial charge in [-0.1, -0.05) is 78.6 Å². The summed E-state index contributed by atoms with van der Waals surface area (Å²) < 4.78 is 13.9. The molecule has 41 heavy (non-hydrogen) atoms. The molecule has 0 bridgehead atoms. The average molecular weight is 617 g/mol. The van der Waals surface area contributed by atoms with Gasteiger partial charge < -0.3 is 15.1 Å². The number of dihydropyridines is 1. The van der Waals surface area contributed by atoms with Crippen LogP contribution in [0.5, 0.6) is 0 Å². The molecule has 2 heterocycles. The second-order valence-electron chi connectivity index (χ2n) is 10.4. The van der Waals surface area contributed by atoms with Crippen LogP contribution in [0.2, 0.25) is 0 Å². The molecule has 242 valence electrons. The molecule has 2 aliphatic rings. The minimum atomic E-state index is -2.28. The molecule has 0 aliphatic carbocycles. The molecule has 2 atom stereocenters. The molecule has 2 unspecified atom stereocenters. The zero-order valence-corrected chi connectivity index (χ0v) is 29.9. The largest absolute Gasteiger partial charge is 0.510 e. The molecule has 0 aromatic rings. The van der Waals surface area contributed by atoms with Crippen molar-refractivity contribution in [3.05, 3.63) is 46.5 Å². The van der Waals surface area contributed by atoms with Crippen LogP contribution in [0.4, 0.5) is 0 Å². The highest BCUT2D eigenvalue weighted by molar-refractivity contribution is 7.97. The van der Waals surface area contributed by atoms with Crippen molar-refractivity contribution in [2.75, 3.05) is 32.4 Å². The molecule has 1 saturated heterocycles. The van der Waals surface area contributed by atoms with Gasteiger partial charge in [-0.15, -0.1) is 0 Å². The fourth-order valence-electron chi connectivity index (χ4n) is 4.78. The summed E-state index contributed by atoms with van der Waals surface area (Å²) in [6.45, 7) is 25.9. The van der Waals surface area contributed by atoms with E-state index in [-0.39, 0.29) is 11.8 Å². The zero-order valence-electron chi connectivity index (χ0n) is 28.4.